The Morgan fingerprint density at radius 2 is 1.74 bits per heavy atom. The van der Waals surface area contributed by atoms with Crippen molar-refractivity contribution in [3.05, 3.63) is 53.6 Å². The Hall–Kier alpha value is -2.62. The van der Waals surface area contributed by atoms with Gasteiger partial charge in [0.2, 0.25) is 22.7 Å². The van der Waals surface area contributed by atoms with Gasteiger partial charge in [0.25, 0.3) is 0 Å². The Kier molecular flexibility index (Phi) is 7.53. The lowest BCUT2D eigenvalue weighted by Crippen LogP contribution is -2.34. The minimum absolute atomic E-state index is 0.110. The highest BCUT2D eigenvalue weighted by molar-refractivity contribution is 7.89. The summed E-state index contributed by atoms with van der Waals surface area (Å²) in [5, 5.41) is 6.03. The van der Waals surface area contributed by atoms with E-state index in [1.165, 1.54) is 4.31 Å². The van der Waals surface area contributed by atoms with Crippen molar-refractivity contribution in [3.63, 3.8) is 0 Å². The Balaban J connectivity index is 1.49. The number of carbonyl (C=O) groups excluding carboxylic acids is 1. The highest BCUT2D eigenvalue weighted by Gasteiger charge is 2.21. The van der Waals surface area contributed by atoms with E-state index in [2.05, 4.69) is 10.6 Å². The molecule has 0 saturated heterocycles. The molecule has 0 unspecified atom stereocenters. The first-order valence-corrected chi connectivity index (χ1v) is 11.8. The van der Waals surface area contributed by atoms with E-state index in [-0.39, 0.29) is 30.2 Å². The summed E-state index contributed by atoms with van der Waals surface area (Å²) in [6.45, 7) is 7.18. The summed E-state index contributed by atoms with van der Waals surface area (Å²) in [7, 11) is -3.47. The van der Waals surface area contributed by atoms with Gasteiger partial charge in [-0.25, -0.2) is 8.42 Å². The maximum Gasteiger partial charge on any atom is 0.243 e. The lowest BCUT2D eigenvalue weighted by molar-refractivity contribution is -0.120. The third-order valence-corrected chi connectivity index (χ3v) is 7.28. The lowest BCUT2D eigenvalue weighted by atomic mass is 10.1. The van der Waals surface area contributed by atoms with Crippen LogP contribution < -0.4 is 20.1 Å². The van der Waals surface area contributed by atoms with Crippen molar-refractivity contribution in [1.82, 2.24) is 14.9 Å². The molecular weight excluding hydrogens is 418 g/mol. The highest BCUT2D eigenvalue weighted by Crippen LogP contribution is 2.32. The Bertz CT molecular complexity index is 1000. The van der Waals surface area contributed by atoms with Gasteiger partial charge < -0.3 is 20.1 Å². The number of hydrogen-bond acceptors (Lipinski definition) is 6. The lowest BCUT2D eigenvalue weighted by Gasteiger charge is -2.19. The summed E-state index contributed by atoms with van der Waals surface area (Å²) in [4.78, 5) is 12.5. The number of benzene rings is 2. The molecule has 168 valence electrons. The molecule has 2 aromatic rings. The van der Waals surface area contributed by atoms with Crippen LogP contribution in [-0.4, -0.2) is 45.1 Å². The van der Waals surface area contributed by atoms with Crippen molar-refractivity contribution in [2.24, 2.45) is 0 Å². The molecule has 1 atom stereocenters. The summed E-state index contributed by atoms with van der Waals surface area (Å²) in [5.74, 6) is 1.26. The predicted octanol–water partition coefficient (Wildman–Crippen LogP) is 2.41. The van der Waals surface area contributed by atoms with Crippen LogP contribution in [0.3, 0.4) is 0 Å². The molecule has 1 heterocycles. The molecule has 1 aliphatic heterocycles. The summed E-state index contributed by atoms with van der Waals surface area (Å²) >= 11 is 0. The zero-order chi connectivity index (χ0) is 22.4. The summed E-state index contributed by atoms with van der Waals surface area (Å²) < 4.78 is 37.2. The summed E-state index contributed by atoms with van der Waals surface area (Å²) in [6, 6.07) is 12.2. The second-order valence-electron chi connectivity index (χ2n) is 7.23. The SMILES string of the molecule is CCN(CC)S(=O)(=O)c1ccc([C@H](C)NCC(=O)NCc2ccc3c(c2)OCO3)cc1. The number of nitrogens with one attached hydrogen (secondary N) is 2. The molecule has 2 N–H and O–H groups in total. The quantitative estimate of drug-likeness (QED) is 0.581. The van der Waals surface area contributed by atoms with E-state index in [1.54, 1.807) is 24.3 Å². The van der Waals surface area contributed by atoms with E-state index >= 15 is 0 Å². The van der Waals surface area contributed by atoms with E-state index < -0.39 is 10.0 Å². The standard InChI is InChI=1S/C22H29N3O5S/c1-4-25(5-2)31(27,28)19-9-7-18(8-10-19)16(3)23-14-22(26)24-13-17-6-11-20-21(12-17)30-15-29-20/h6-12,16,23H,4-5,13-15H2,1-3H3,(H,24,26)/t16-/m0/s1. The average molecular weight is 448 g/mol. The molecule has 0 spiro atoms. The van der Waals surface area contributed by atoms with Crippen LogP contribution in [0.1, 0.15) is 37.9 Å². The Morgan fingerprint density at radius 1 is 1.06 bits per heavy atom. The number of nitrogens with zero attached hydrogens (tertiary/aromatic N) is 1. The van der Waals surface area contributed by atoms with Gasteiger partial charge in [0, 0.05) is 25.7 Å². The molecule has 8 nitrogen and oxygen atoms in total. The van der Waals surface area contributed by atoms with Gasteiger partial charge in [0.05, 0.1) is 11.4 Å². The molecular formula is C22H29N3O5S. The van der Waals surface area contributed by atoms with Crippen LogP contribution in [0.2, 0.25) is 0 Å². The number of carbonyl (C=O) groups is 1. The first kappa shape index (κ1) is 23.1. The fraction of sp³-hybridized carbons (Fsp3) is 0.409. The number of sulfonamides is 1. The van der Waals surface area contributed by atoms with E-state index in [1.807, 2.05) is 39.0 Å². The molecule has 9 heteroatoms. The van der Waals surface area contributed by atoms with Crippen molar-refractivity contribution < 1.29 is 22.7 Å². The third-order valence-electron chi connectivity index (χ3n) is 5.22. The Morgan fingerprint density at radius 3 is 2.42 bits per heavy atom. The first-order valence-electron chi connectivity index (χ1n) is 10.3. The predicted molar refractivity (Wildman–Crippen MR) is 117 cm³/mol. The monoisotopic (exact) mass is 447 g/mol. The van der Waals surface area contributed by atoms with Crippen LogP contribution in [0.15, 0.2) is 47.4 Å². The number of ether oxygens (including phenoxy) is 2. The largest absolute Gasteiger partial charge is 0.454 e. The smallest absolute Gasteiger partial charge is 0.243 e. The molecule has 0 aliphatic carbocycles. The average Bonchev–Trinajstić information content (AvgIpc) is 3.24. The van der Waals surface area contributed by atoms with Crippen molar-refractivity contribution in [3.8, 4) is 11.5 Å². The van der Waals surface area contributed by atoms with Crippen LogP contribution in [0, 0.1) is 0 Å². The molecule has 0 fully saturated rings. The molecule has 1 aliphatic rings. The van der Waals surface area contributed by atoms with Gasteiger partial charge in [0.15, 0.2) is 11.5 Å². The summed E-state index contributed by atoms with van der Waals surface area (Å²) in [5.41, 5.74) is 1.83. The fourth-order valence-electron chi connectivity index (χ4n) is 3.32. The Labute approximate surface area is 183 Å². The molecule has 31 heavy (non-hydrogen) atoms. The van der Waals surface area contributed by atoms with Crippen molar-refractivity contribution in [1.29, 1.82) is 0 Å². The van der Waals surface area contributed by atoms with Crippen LogP contribution in [-0.2, 0) is 21.4 Å². The zero-order valence-electron chi connectivity index (χ0n) is 18.1. The first-order chi connectivity index (χ1) is 14.8. The van der Waals surface area contributed by atoms with E-state index in [4.69, 9.17) is 9.47 Å². The van der Waals surface area contributed by atoms with Crippen LogP contribution in [0.5, 0.6) is 11.5 Å². The maximum absolute atomic E-state index is 12.6. The van der Waals surface area contributed by atoms with Gasteiger partial charge >= 0.3 is 0 Å². The van der Waals surface area contributed by atoms with Gasteiger partial charge in [-0.3, -0.25) is 4.79 Å². The van der Waals surface area contributed by atoms with Gasteiger partial charge in [-0.15, -0.1) is 0 Å². The molecule has 3 rings (SSSR count). The minimum atomic E-state index is -3.47. The van der Waals surface area contributed by atoms with Crippen LogP contribution in [0.4, 0.5) is 0 Å². The molecule has 0 bridgehead atoms. The molecule has 0 radical (unpaired) electrons. The number of hydrogen-bond donors (Lipinski definition) is 2. The van der Waals surface area contributed by atoms with Crippen LogP contribution >= 0.6 is 0 Å². The van der Waals surface area contributed by atoms with Crippen molar-refractivity contribution >= 4 is 15.9 Å². The fourth-order valence-corrected chi connectivity index (χ4v) is 4.78. The van der Waals surface area contributed by atoms with Gasteiger partial charge in [-0.05, 0) is 42.3 Å². The van der Waals surface area contributed by atoms with Gasteiger partial charge in [-0.2, -0.15) is 4.31 Å². The summed E-state index contributed by atoms with van der Waals surface area (Å²) in [6.07, 6.45) is 0. The van der Waals surface area contributed by atoms with Gasteiger partial charge in [-0.1, -0.05) is 32.0 Å². The minimum Gasteiger partial charge on any atom is -0.454 e. The third kappa shape index (κ3) is 5.55. The van der Waals surface area contributed by atoms with Crippen LogP contribution in [0.25, 0.3) is 0 Å². The second-order valence-corrected chi connectivity index (χ2v) is 9.16. The molecule has 0 aromatic heterocycles. The highest BCUT2D eigenvalue weighted by atomic mass is 32.2. The maximum atomic E-state index is 12.6. The number of amides is 1. The van der Waals surface area contributed by atoms with E-state index in [0.29, 0.717) is 31.1 Å². The zero-order valence-corrected chi connectivity index (χ0v) is 18.9. The second kappa shape index (κ2) is 10.1. The number of fused-ring (bicyclic) bond motifs is 1. The number of rotatable bonds is 10. The molecule has 2 aromatic carbocycles. The molecule has 1 amide bonds. The molecule has 0 saturated carbocycles. The van der Waals surface area contributed by atoms with Gasteiger partial charge in [0.1, 0.15) is 0 Å². The van der Waals surface area contributed by atoms with E-state index in [0.717, 1.165) is 11.1 Å². The normalized spacial score (nSPS) is 13.9. The van der Waals surface area contributed by atoms with Crippen molar-refractivity contribution in [2.45, 2.75) is 38.3 Å². The van der Waals surface area contributed by atoms with Crippen molar-refractivity contribution in [2.75, 3.05) is 26.4 Å². The topological polar surface area (TPSA) is 97.0 Å². The van der Waals surface area contributed by atoms with E-state index in [9.17, 15) is 13.2 Å².